The van der Waals surface area contributed by atoms with Crippen molar-refractivity contribution in [2.45, 2.75) is 20.0 Å². The Kier molecular flexibility index (Phi) is 3.69. The zero-order valence-electron chi connectivity index (χ0n) is 11.7. The van der Waals surface area contributed by atoms with Crippen molar-refractivity contribution in [3.05, 3.63) is 53.7 Å². The van der Waals surface area contributed by atoms with Crippen molar-refractivity contribution in [1.82, 2.24) is 9.13 Å². The summed E-state index contributed by atoms with van der Waals surface area (Å²) < 4.78 is 4.31. The Morgan fingerprint density at radius 1 is 1.26 bits per heavy atom. The minimum atomic E-state index is -1.48. The summed E-state index contributed by atoms with van der Waals surface area (Å²) >= 11 is 0. The van der Waals surface area contributed by atoms with Crippen LogP contribution in [0.1, 0.15) is 12.5 Å². The van der Waals surface area contributed by atoms with Crippen LogP contribution < -0.4 is 5.19 Å². The number of allylic oxidation sites excluding steroid dienone is 1. The van der Waals surface area contributed by atoms with Crippen LogP contribution >= 0.6 is 0 Å². The first kappa shape index (κ1) is 14.4. The van der Waals surface area contributed by atoms with Crippen LogP contribution in [-0.2, 0) is 27.2 Å². The fraction of sp³-hybridized carbons (Fsp3) is 0.267. The molecule has 3 rings (SSSR count). The van der Waals surface area contributed by atoms with Gasteiger partial charge in [0, 0.05) is 27.2 Å². The van der Waals surface area contributed by atoms with Crippen LogP contribution in [0.25, 0.3) is 5.70 Å². The maximum absolute atomic E-state index is 3.44. The molecule has 1 aliphatic rings. The van der Waals surface area contributed by atoms with Crippen molar-refractivity contribution in [2.24, 2.45) is 7.05 Å². The molecule has 0 N–H and O–H groups in total. The molecule has 0 saturated carbocycles. The molecule has 101 valence electrons. The number of rotatable bonds is 1. The molecule has 0 saturated heterocycles. The smallest absolute Gasteiger partial charge is 0.146 e. The Hall–Kier alpha value is -0.964. The fourth-order valence-corrected chi connectivity index (χ4v) is 5.32. The number of aryl methyl sites for hydroxylation is 1. The van der Waals surface area contributed by atoms with Gasteiger partial charge in [0.05, 0.1) is 8.07 Å². The average Bonchev–Trinajstić information content (AvgIpc) is 2.83. The van der Waals surface area contributed by atoms with Crippen LogP contribution in [0.2, 0.25) is 13.1 Å². The van der Waals surface area contributed by atoms with E-state index in [1.165, 1.54) is 21.6 Å². The third-order valence-corrected chi connectivity index (χ3v) is 7.96. The van der Waals surface area contributed by atoms with E-state index in [9.17, 15) is 0 Å². The Balaban J connectivity index is 0.00000133. The largest absolute Gasteiger partial charge is 0.261 e. The topological polar surface area (TPSA) is 9.86 Å². The molecule has 19 heavy (non-hydrogen) atoms. The van der Waals surface area contributed by atoms with Crippen molar-refractivity contribution in [1.29, 1.82) is 0 Å². The van der Waals surface area contributed by atoms with E-state index < -0.39 is 8.07 Å². The second kappa shape index (κ2) is 4.86. The molecule has 0 unspecified atom stereocenters. The summed E-state index contributed by atoms with van der Waals surface area (Å²) in [6, 6.07) is 9.85. The predicted molar refractivity (Wildman–Crippen MR) is 78.2 cm³/mol. The van der Waals surface area contributed by atoms with E-state index in [-0.39, 0.29) is 20.1 Å². The number of imidazole rings is 1. The molecule has 0 spiro atoms. The van der Waals surface area contributed by atoms with Crippen LogP contribution in [0.3, 0.4) is 0 Å². The zero-order valence-corrected chi connectivity index (χ0v) is 15.1. The molecule has 1 aliphatic heterocycles. The van der Waals surface area contributed by atoms with Gasteiger partial charge in [0.25, 0.3) is 0 Å². The number of nitrogens with zero attached hydrogens (tertiary/aromatic N) is 2. The quantitative estimate of drug-likeness (QED) is 0.471. The number of aromatic nitrogens is 2. The third-order valence-electron chi connectivity index (χ3n) is 4.09. The molecule has 2 heterocycles. The van der Waals surface area contributed by atoms with E-state index in [4.69, 9.17) is 0 Å². The zero-order chi connectivity index (χ0) is 12.9. The van der Waals surface area contributed by atoms with Gasteiger partial charge in [0.15, 0.2) is 0 Å². The van der Waals surface area contributed by atoms with Crippen LogP contribution in [0.15, 0.2) is 42.1 Å². The van der Waals surface area contributed by atoms with Crippen LogP contribution in [-0.4, -0.2) is 17.2 Å². The second-order valence-electron chi connectivity index (χ2n) is 5.54. The van der Waals surface area contributed by atoms with E-state index in [1.54, 1.807) is 0 Å². The van der Waals surface area contributed by atoms with Crippen molar-refractivity contribution >= 4 is 19.0 Å². The predicted octanol–water partition coefficient (Wildman–Crippen LogP) is 2.65. The first-order valence-corrected chi connectivity index (χ1v) is 9.28. The molecule has 1 aromatic heterocycles. The van der Waals surface area contributed by atoms with Crippen LogP contribution in [0.5, 0.6) is 0 Å². The molecule has 4 heteroatoms. The number of fused-ring (bicyclic) bond motifs is 1. The molecule has 0 atom stereocenters. The summed E-state index contributed by atoms with van der Waals surface area (Å²) in [6.45, 7) is 7.13. The normalized spacial score (nSPS) is 16.2. The van der Waals surface area contributed by atoms with Gasteiger partial charge in [-0.05, 0) is 5.70 Å². The molecule has 0 fully saturated rings. The molecule has 2 nitrogen and oxygen atoms in total. The van der Waals surface area contributed by atoms with E-state index in [2.05, 4.69) is 73.1 Å². The Morgan fingerprint density at radius 2 is 2.00 bits per heavy atom. The Bertz CT molecular complexity index is 656. The van der Waals surface area contributed by atoms with E-state index in [0.29, 0.717) is 0 Å². The average molecular weight is 447 g/mol. The van der Waals surface area contributed by atoms with E-state index in [0.717, 1.165) is 0 Å². The summed E-state index contributed by atoms with van der Waals surface area (Å²) in [7, 11) is 0.573. The molecule has 0 amide bonds. The van der Waals surface area contributed by atoms with Crippen molar-refractivity contribution in [3.8, 4) is 0 Å². The van der Waals surface area contributed by atoms with Gasteiger partial charge < -0.3 is 0 Å². The summed E-state index contributed by atoms with van der Waals surface area (Å²) in [5.41, 5.74) is 2.63. The molecule has 0 aliphatic carbocycles. The van der Waals surface area contributed by atoms with Gasteiger partial charge in [-0.15, -0.1) is 40.2 Å². The fourth-order valence-electron chi connectivity index (χ4n) is 2.74. The monoisotopic (exact) mass is 447 g/mol. The Morgan fingerprint density at radius 3 is 2.63 bits per heavy atom. The SMILES string of the molecule is CC1=C(n2ccn(C)[cH+]2)c2[c-]cccc2[Si]1(C)C.[Ir]. The van der Waals surface area contributed by atoms with Crippen molar-refractivity contribution < 1.29 is 20.1 Å². The number of benzene rings is 1. The van der Waals surface area contributed by atoms with Crippen molar-refractivity contribution in [3.63, 3.8) is 0 Å². The van der Waals surface area contributed by atoms with Gasteiger partial charge in [-0.3, -0.25) is 9.13 Å². The summed E-state index contributed by atoms with van der Waals surface area (Å²) in [5.74, 6) is 0. The van der Waals surface area contributed by atoms with Crippen molar-refractivity contribution in [2.75, 3.05) is 0 Å². The van der Waals surface area contributed by atoms with Gasteiger partial charge in [0.1, 0.15) is 18.7 Å². The van der Waals surface area contributed by atoms with Gasteiger partial charge in [-0.25, -0.2) is 0 Å². The van der Waals surface area contributed by atoms with Crippen LogP contribution in [0.4, 0.5) is 0 Å². The minimum absolute atomic E-state index is 0. The maximum atomic E-state index is 3.44. The van der Waals surface area contributed by atoms with Gasteiger partial charge in [0.2, 0.25) is 0 Å². The summed E-state index contributed by atoms with van der Waals surface area (Å²) in [6.07, 6.45) is 6.33. The number of hydrogen-bond acceptors (Lipinski definition) is 0. The molecular weight excluding hydrogens is 428 g/mol. The van der Waals surface area contributed by atoms with Crippen LogP contribution in [0, 0.1) is 6.07 Å². The molecular formula is C15H18IrN2Si. The van der Waals surface area contributed by atoms with E-state index in [1.807, 2.05) is 6.07 Å². The minimum Gasteiger partial charge on any atom is -0.261 e. The van der Waals surface area contributed by atoms with Gasteiger partial charge >= 0.3 is 0 Å². The first-order chi connectivity index (χ1) is 8.51. The summed E-state index contributed by atoms with van der Waals surface area (Å²) in [5, 5.41) is 3.05. The number of hydrogen-bond donors (Lipinski definition) is 0. The molecule has 1 radical (unpaired) electrons. The third kappa shape index (κ3) is 2.08. The van der Waals surface area contributed by atoms with Gasteiger partial charge in [-0.2, -0.15) is 0 Å². The van der Waals surface area contributed by atoms with Gasteiger partial charge in [-0.1, -0.05) is 20.0 Å². The van der Waals surface area contributed by atoms with E-state index >= 15 is 0 Å². The summed E-state index contributed by atoms with van der Waals surface area (Å²) in [4.78, 5) is 0. The maximum Gasteiger partial charge on any atom is 0.146 e. The molecule has 1 aromatic carbocycles. The molecule has 2 aromatic rings. The second-order valence-corrected chi connectivity index (χ2v) is 10.1. The first-order valence-electron chi connectivity index (χ1n) is 6.28. The molecule has 0 bridgehead atoms. The standard InChI is InChI=1S/C15H18N2Si.Ir/c1-12-15(17-10-9-16(2)11-17)13-7-5-6-8-14(13)18(12,3)4;/h5-6,8-11H,1-4H3;. The Labute approximate surface area is 129 Å².